The Hall–Kier alpha value is -2.18. The highest BCUT2D eigenvalue weighted by molar-refractivity contribution is 9.10. The van der Waals surface area contributed by atoms with Crippen LogP contribution in [0.3, 0.4) is 0 Å². The molecule has 9 heteroatoms. The summed E-state index contributed by atoms with van der Waals surface area (Å²) in [5.74, 6) is -0.725. The summed E-state index contributed by atoms with van der Waals surface area (Å²) < 4.78 is 31.1. The summed E-state index contributed by atoms with van der Waals surface area (Å²) in [5.41, 5.74) is 0.617. The molecule has 0 aliphatic rings. The van der Waals surface area contributed by atoms with Gasteiger partial charge in [-0.15, -0.1) is 0 Å². The Labute approximate surface area is 128 Å². The van der Waals surface area contributed by atoms with E-state index in [2.05, 4.69) is 25.6 Å². The monoisotopic (exact) mass is 369 g/mol. The number of hydrogen-bond acceptors (Lipinski definition) is 6. The van der Waals surface area contributed by atoms with E-state index in [4.69, 9.17) is 5.26 Å². The second-order valence-electron chi connectivity index (χ2n) is 4.03. The molecule has 0 atom stereocenters. The zero-order chi connectivity index (χ0) is 15.5. The van der Waals surface area contributed by atoms with E-state index in [0.717, 1.165) is 0 Å². The van der Waals surface area contributed by atoms with E-state index in [1.807, 2.05) is 10.8 Å². The molecule has 7 nitrogen and oxygen atoms in total. The molecule has 0 fully saturated rings. The van der Waals surface area contributed by atoms with E-state index < -0.39 is 15.9 Å². The van der Waals surface area contributed by atoms with Crippen LogP contribution in [0.5, 0.6) is 0 Å². The maximum Gasteiger partial charge on any atom is 0.264 e. The minimum atomic E-state index is -4.05. The van der Waals surface area contributed by atoms with Crippen LogP contribution in [0.2, 0.25) is 0 Å². The molecular formula is C12H8BrN3O4S. The molecule has 1 aromatic heterocycles. The number of aromatic nitrogens is 1. The smallest absolute Gasteiger partial charge is 0.264 e. The molecule has 0 aliphatic carbocycles. The first-order valence-corrected chi connectivity index (χ1v) is 7.83. The molecule has 0 aliphatic heterocycles. The van der Waals surface area contributed by atoms with Crippen LogP contribution in [0.15, 0.2) is 44.6 Å². The Morgan fingerprint density at radius 2 is 2.19 bits per heavy atom. The van der Waals surface area contributed by atoms with E-state index in [-0.39, 0.29) is 16.9 Å². The standard InChI is InChI=1S/C12H8BrN3O4S/c13-10-1-8(5-14)2-11(4-10)21(18,19)16-12(17)3-9-6-15-20-7-9/h1-2,4,6-7H,3H2,(H,16,17). The molecule has 0 spiro atoms. The van der Waals surface area contributed by atoms with Crippen molar-refractivity contribution in [3.05, 3.63) is 46.3 Å². The molecule has 2 rings (SSSR count). The van der Waals surface area contributed by atoms with Crippen molar-refractivity contribution in [1.29, 1.82) is 5.26 Å². The largest absolute Gasteiger partial charge is 0.364 e. The Bertz CT molecular complexity index is 810. The zero-order valence-electron chi connectivity index (χ0n) is 10.4. The van der Waals surface area contributed by atoms with Gasteiger partial charge < -0.3 is 4.52 Å². The van der Waals surface area contributed by atoms with Crippen LogP contribution in [0.4, 0.5) is 0 Å². The lowest BCUT2D eigenvalue weighted by Crippen LogP contribution is -2.31. The molecule has 21 heavy (non-hydrogen) atoms. The average Bonchev–Trinajstić information content (AvgIpc) is 2.89. The van der Waals surface area contributed by atoms with Gasteiger partial charge in [0.15, 0.2) is 0 Å². The highest BCUT2D eigenvalue weighted by Gasteiger charge is 2.19. The van der Waals surface area contributed by atoms with Gasteiger partial charge in [0.2, 0.25) is 5.91 Å². The van der Waals surface area contributed by atoms with Gasteiger partial charge in [-0.1, -0.05) is 21.1 Å². The number of carbonyl (C=O) groups is 1. The van der Waals surface area contributed by atoms with Gasteiger partial charge >= 0.3 is 0 Å². The van der Waals surface area contributed by atoms with Crippen molar-refractivity contribution in [3.63, 3.8) is 0 Å². The first-order chi connectivity index (χ1) is 9.90. The third kappa shape index (κ3) is 3.90. The molecule has 1 heterocycles. The van der Waals surface area contributed by atoms with Crippen LogP contribution < -0.4 is 4.72 Å². The number of carbonyl (C=O) groups excluding carboxylic acids is 1. The van der Waals surface area contributed by atoms with Crippen LogP contribution in [-0.4, -0.2) is 19.5 Å². The van der Waals surface area contributed by atoms with Gasteiger partial charge in [0, 0.05) is 10.0 Å². The SMILES string of the molecule is N#Cc1cc(Br)cc(S(=O)(=O)NC(=O)Cc2cnoc2)c1. The lowest BCUT2D eigenvalue weighted by atomic mass is 10.2. The Morgan fingerprint density at radius 1 is 1.43 bits per heavy atom. The number of benzene rings is 1. The van der Waals surface area contributed by atoms with Gasteiger partial charge in [0.05, 0.1) is 29.1 Å². The normalized spacial score (nSPS) is 10.9. The first-order valence-electron chi connectivity index (χ1n) is 5.55. The molecule has 1 N–H and O–H groups in total. The number of hydrogen-bond donors (Lipinski definition) is 1. The van der Waals surface area contributed by atoms with E-state index in [9.17, 15) is 13.2 Å². The predicted octanol–water partition coefficient (Wildman–Crippen LogP) is 1.36. The van der Waals surface area contributed by atoms with Gasteiger partial charge in [-0.25, -0.2) is 13.1 Å². The summed E-state index contributed by atoms with van der Waals surface area (Å²) in [4.78, 5) is 11.5. The van der Waals surface area contributed by atoms with Crippen LogP contribution in [-0.2, 0) is 21.2 Å². The second-order valence-corrected chi connectivity index (χ2v) is 6.62. The van der Waals surface area contributed by atoms with Gasteiger partial charge in [0.25, 0.3) is 10.0 Å². The summed E-state index contributed by atoms with van der Waals surface area (Å²) in [7, 11) is -4.05. The first kappa shape index (κ1) is 15.2. The second kappa shape index (κ2) is 6.07. The Balaban J connectivity index is 2.20. The van der Waals surface area contributed by atoms with Gasteiger partial charge in [-0.3, -0.25) is 4.79 Å². The van der Waals surface area contributed by atoms with Crippen LogP contribution >= 0.6 is 15.9 Å². The van der Waals surface area contributed by atoms with Crippen molar-refractivity contribution in [1.82, 2.24) is 9.88 Å². The summed E-state index contributed by atoms with van der Waals surface area (Å²) in [5, 5.41) is 12.3. The lowest BCUT2D eigenvalue weighted by Gasteiger charge is -2.07. The van der Waals surface area contributed by atoms with Crippen molar-refractivity contribution in [3.8, 4) is 6.07 Å². The predicted molar refractivity (Wildman–Crippen MR) is 74.4 cm³/mol. The average molecular weight is 370 g/mol. The van der Waals surface area contributed by atoms with E-state index in [1.54, 1.807) is 0 Å². The molecule has 0 saturated heterocycles. The maximum atomic E-state index is 12.1. The lowest BCUT2D eigenvalue weighted by molar-refractivity contribution is -0.118. The van der Waals surface area contributed by atoms with Crippen molar-refractivity contribution in [2.45, 2.75) is 11.3 Å². The molecule has 0 bridgehead atoms. The summed E-state index contributed by atoms with van der Waals surface area (Å²) >= 11 is 3.11. The Kier molecular flexibility index (Phi) is 4.40. The van der Waals surface area contributed by atoms with Crippen molar-refractivity contribution in [2.75, 3.05) is 0 Å². The number of nitrogens with one attached hydrogen (secondary N) is 1. The van der Waals surface area contributed by atoms with Crippen molar-refractivity contribution >= 4 is 31.9 Å². The number of rotatable bonds is 4. The van der Waals surface area contributed by atoms with Crippen molar-refractivity contribution < 1.29 is 17.7 Å². The number of nitrogens with zero attached hydrogens (tertiary/aromatic N) is 2. The number of sulfonamides is 1. The summed E-state index contributed by atoms with van der Waals surface area (Å²) in [6.07, 6.45) is 2.39. The minimum absolute atomic E-state index is 0.163. The summed E-state index contributed by atoms with van der Waals surface area (Å²) in [6, 6.07) is 5.79. The molecule has 0 saturated carbocycles. The topological polar surface area (TPSA) is 113 Å². The quantitative estimate of drug-likeness (QED) is 0.869. The number of halogens is 1. The molecule has 2 aromatic rings. The highest BCUT2D eigenvalue weighted by Crippen LogP contribution is 2.19. The maximum absolute atomic E-state index is 12.1. The molecule has 1 aromatic carbocycles. The molecular weight excluding hydrogens is 362 g/mol. The van der Waals surface area contributed by atoms with E-state index in [1.165, 1.54) is 30.7 Å². The molecule has 108 valence electrons. The minimum Gasteiger partial charge on any atom is -0.364 e. The third-order valence-corrected chi connectivity index (χ3v) is 4.22. The summed E-state index contributed by atoms with van der Waals surface area (Å²) in [6.45, 7) is 0. The third-order valence-electron chi connectivity index (χ3n) is 2.41. The van der Waals surface area contributed by atoms with Crippen LogP contribution in [0, 0.1) is 11.3 Å². The van der Waals surface area contributed by atoms with Crippen molar-refractivity contribution in [2.24, 2.45) is 0 Å². The molecule has 0 unspecified atom stereocenters. The van der Waals surface area contributed by atoms with Gasteiger partial charge in [0.1, 0.15) is 6.26 Å². The Morgan fingerprint density at radius 3 is 2.81 bits per heavy atom. The number of amides is 1. The fourth-order valence-corrected chi connectivity index (χ4v) is 3.23. The highest BCUT2D eigenvalue weighted by atomic mass is 79.9. The number of nitriles is 1. The van der Waals surface area contributed by atoms with Crippen LogP contribution in [0.1, 0.15) is 11.1 Å². The fraction of sp³-hybridized carbons (Fsp3) is 0.0833. The fourth-order valence-electron chi connectivity index (χ4n) is 1.53. The molecule has 1 amide bonds. The van der Waals surface area contributed by atoms with Gasteiger partial charge in [-0.05, 0) is 18.2 Å². The molecule has 0 radical (unpaired) electrons. The van der Waals surface area contributed by atoms with E-state index in [0.29, 0.717) is 10.0 Å². The van der Waals surface area contributed by atoms with E-state index >= 15 is 0 Å². The van der Waals surface area contributed by atoms with Crippen LogP contribution in [0.25, 0.3) is 0 Å². The zero-order valence-corrected chi connectivity index (χ0v) is 12.8. The van der Waals surface area contributed by atoms with Gasteiger partial charge in [-0.2, -0.15) is 5.26 Å².